The molecule has 0 aliphatic carbocycles. The fourth-order valence-electron chi connectivity index (χ4n) is 4.77. The highest BCUT2D eigenvalue weighted by Crippen LogP contribution is 2.11. The van der Waals surface area contributed by atoms with E-state index in [9.17, 15) is 24.0 Å². The number of carbonyl (C=O) groups excluding carboxylic acids is 5. The number of nitrogens with one attached hydrogen (secondary N) is 6. The molecule has 13 nitrogen and oxygen atoms in total. The van der Waals surface area contributed by atoms with Crippen molar-refractivity contribution in [3.05, 3.63) is 30.1 Å². The molecule has 0 bridgehead atoms. The van der Waals surface area contributed by atoms with E-state index in [0.717, 1.165) is 0 Å². The van der Waals surface area contributed by atoms with Crippen molar-refractivity contribution in [3.8, 4) is 0 Å². The summed E-state index contributed by atoms with van der Waals surface area (Å²) in [6.07, 6.45) is 4.46. The largest absolute Gasteiger partial charge is 0.385 e. The summed E-state index contributed by atoms with van der Waals surface area (Å²) in [7, 11) is 1.52. The van der Waals surface area contributed by atoms with Crippen LogP contribution in [-0.4, -0.2) is 91.5 Å². The highest BCUT2D eigenvalue weighted by Gasteiger charge is 2.31. The molecule has 1 aromatic rings. The van der Waals surface area contributed by atoms with Crippen LogP contribution in [0.4, 0.5) is 0 Å². The van der Waals surface area contributed by atoms with Crippen molar-refractivity contribution in [2.75, 3.05) is 26.8 Å². The summed E-state index contributed by atoms with van der Waals surface area (Å²) in [5, 5.41) is 17.5. The Hall–Kier alpha value is -3.58. The van der Waals surface area contributed by atoms with Crippen LogP contribution in [0.5, 0.6) is 0 Å². The normalized spacial score (nSPS) is 15.2. The van der Waals surface area contributed by atoms with E-state index >= 15 is 0 Å². The molecule has 0 radical (unpaired) electrons. The predicted octanol–water partition coefficient (Wildman–Crippen LogP) is 1.53. The number of amides is 5. The third-order valence-corrected chi connectivity index (χ3v) is 7.73. The van der Waals surface area contributed by atoms with Gasteiger partial charge < -0.3 is 36.6 Å². The number of rotatable bonds is 21. The van der Waals surface area contributed by atoms with Gasteiger partial charge >= 0.3 is 0 Å². The van der Waals surface area contributed by atoms with E-state index in [1.807, 2.05) is 48.5 Å². The van der Waals surface area contributed by atoms with Crippen molar-refractivity contribution in [2.24, 2.45) is 17.8 Å². The summed E-state index contributed by atoms with van der Waals surface area (Å²) in [6, 6.07) is -0.315. The highest BCUT2D eigenvalue weighted by molar-refractivity contribution is 5.98. The quantitative estimate of drug-likeness (QED) is 0.116. The molecule has 6 atom stereocenters. The number of aromatic nitrogens is 1. The van der Waals surface area contributed by atoms with Crippen molar-refractivity contribution in [1.82, 2.24) is 36.9 Å². The fourth-order valence-corrected chi connectivity index (χ4v) is 4.77. The van der Waals surface area contributed by atoms with Crippen LogP contribution in [-0.2, 0) is 23.9 Å². The highest BCUT2D eigenvalue weighted by atomic mass is 16.5. The van der Waals surface area contributed by atoms with Crippen molar-refractivity contribution in [3.63, 3.8) is 0 Å². The molecule has 0 saturated heterocycles. The zero-order valence-electron chi connectivity index (χ0n) is 29.1. The minimum Gasteiger partial charge on any atom is -0.385 e. The van der Waals surface area contributed by atoms with Crippen LogP contribution in [0.2, 0.25) is 0 Å². The van der Waals surface area contributed by atoms with Crippen molar-refractivity contribution in [1.29, 1.82) is 0 Å². The van der Waals surface area contributed by atoms with Gasteiger partial charge in [-0.1, -0.05) is 48.0 Å². The van der Waals surface area contributed by atoms with Gasteiger partial charge in [-0.15, -0.1) is 0 Å². The molecule has 1 rings (SSSR count). The molecule has 1 aromatic heterocycles. The number of carbonyl (C=O) groups is 5. The Labute approximate surface area is 274 Å². The van der Waals surface area contributed by atoms with Gasteiger partial charge in [0.2, 0.25) is 23.6 Å². The Morgan fingerprint density at radius 3 is 2.00 bits per heavy atom. The lowest BCUT2D eigenvalue weighted by molar-refractivity contribution is -0.131. The summed E-state index contributed by atoms with van der Waals surface area (Å²) < 4.78 is 5.22. The van der Waals surface area contributed by atoms with E-state index in [4.69, 9.17) is 4.74 Å². The molecule has 0 fully saturated rings. The van der Waals surface area contributed by atoms with Gasteiger partial charge in [0.1, 0.15) is 18.1 Å². The smallest absolute Gasteiger partial charge is 0.252 e. The average molecular weight is 648 g/mol. The van der Waals surface area contributed by atoms with Crippen LogP contribution in [0.25, 0.3) is 0 Å². The molecule has 0 aromatic carbocycles. The van der Waals surface area contributed by atoms with Crippen LogP contribution in [0, 0.1) is 17.8 Å². The zero-order valence-corrected chi connectivity index (χ0v) is 29.1. The summed E-state index contributed by atoms with van der Waals surface area (Å²) in [5.41, 5.74) is 0.376. The first-order valence-corrected chi connectivity index (χ1v) is 16.4. The Morgan fingerprint density at radius 1 is 0.804 bits per heavy atom. The molecule has 0 spiro atoms. The van der Waals surface area contributed by atoms with Gasteiger partial charge in [-0.25, -0.2) is 0 Å². The van der Waals surface area contributed by atoms with Crippen LogP contribution < -0.4 is 31.9 Å². The third-order valence-electron chi connectivity index (χ3n) is 7.73. The minimum absolute atomic E-state index is 0.0983. The topological polar surface area (TPSA) is 180 Å². The standard InChI is InChI=1S/C33H57N7O6/c1-10-22(7)28(40-30(42)24-12-15-34-16-13-24)33(45)38-26(14-17-46-9)31(43)37-25(18-20(3)4)19-36-23(8)29(41)39-27(21(5)6)32(44)35-11-2/h12-13,15-16,20-23,25-28,36H,10-11,14,17-19H2,1-9H3,(H,35,44)(H,37,43)(H,38,45)(H,39,41)(H,40,42)/t22?,23-,25?,26-,27?,28?/m0/s1. The first-order chi connectivity index (χ1) is 21.7. The molecule has 4 unspecified atom stereocenters. The SMILES string of the molecule is CCNC(=O)C(NC(=O)[C@H](C)NCC(CC(C)C)NC(=O)[C@H](CCOC)NC(=O)C(NC(=O)c1ccncc1)C(C)CC)C(C)C. The number of nitrogens with zero attached hydrogens (tertiary/aromatic N) is 1. The van der Waals surface area contributed by atoms with E-state index in [1.165, 1.54) is 19.5 Å². The van der Waals surface area contributed by atoms with E-state index < -0.39 is 41.9 Å². The number of likely N-dealkylation sites (N-methyl/N-ethyl adjacent to an activating group) is 1. The van der Waals surface area contributed by atoms with Gasteiger partial charge in [0.15, 0.2) is 0 Å². The number of hydrogen-bond donors (Lipinski definition) is 6. The molecular weight excluding hydrogens is 590 g/mol. The monoisotopic (exact) mass is 647 g/mol. The molecule has 1 heterocycles. The van der Waals surface area contributed by atoms with E-state index in [1.54, 1.807) is 19.1 Å². The van der Waals surface area contributed by atoms with E-state index in [2.05, 4.69) is 36.9 Å². The minimum atomic E-state index is -0.920. The summed E-state index contributed by atoms with van der Waals surface area (Å²) in [5.74, 6) is -1.91. The van der Waals surface area contributed by atoms with Crippen molar-refractivity contribution >= 4 is 29.5 Å². The molecule has 5 amide bonds. The number of hydrogen-bond acceptors (Lipinski definition) is 8. The maximum absolute atomic E-state index is 13.6. The maximum Gasteiger partial charge on any atom is 0.252 e. The van der Waals surface area contributed by atoms with Crippen LogP contribution in [0.15, 0.2) is 24.5 Å². The molecule has 0 saturated carbocycles. The molecule has 46 heavy (non-hydrogen) atoms. The van der Waals surface area contributed by atoms with Crippen molar-refractivity contribution < 1.29 is 28.7 Å². The molecular formula is C33H57N7O6. The predicted molar refractivity (Wildman–Crippen MR) is 178 cm³/mol. The maximum atomic E-state index is 13.6. The summed E-state index contributed by atoms with van der Waals surface area (Å²) in [6.45, 7) is 16.1. The zero-order chi connectivity index (χ0) is 34.8. The van der Waals surface area contributed by atoms with Gasteiger partial charge in [-0.2, -0.15) is 0 Å². The van der Waals surface area contributed by atoms with Gasteiger partial charge in [0.05, 0.1) is 6.04 Å². The second-order valence-corrected chi connectivity index (χ2v) is 12.5. The van der Waals surface area contributed by atoms with E-state index in [0.29, 0.717) is 24.9 Å². The van der Waals surface area contributed by atoms with Crippen molar-refractivity contribution in [2.45, 2.75) is 105 Å². The lowest BCUT2D eigenvalue weighted by Gasteiger charge is -2.29. The Kier molecular flexibility index (Phi) is 18.7. The molecule has 0 aliphatic heterocycles. The lowest BCUT2D eigenvalue weighted by atomic mass is 9.97. The van der Waals surface area contributed by atoms with Gasteiger partial charge in [0.25, 0.3) is 5.91 Å². The van der Waals surface area contributed by atoms with Crippen LogP contribution in [0.1, 0.15) is 85.0 Å². The van der Waals surface area contributed by atoms with E-state index in [-0.39, 0.29) is 55.2 Å². The Bertz CT molecular complexity index is 1100. The second kappa shape index (κ2) is 21.3. The Morgan fingerprint density at radius 2 is 1.46 bits per heavy atom. The number of pyridine rings is 1. The molecule has 6 N–H and O–H groups in total. The van der Waals surface area contributed by atoms with Gasteiger partial charge in [-0.05, 0) is 56.6 Å². The van der Waals surface area contributed by atoms with Crippen LogP contribution >= 0.6 is 0 Å². The second-order valence-electron chi connectivity index (χ2n) is 12.5. The average Bonchev–Trinajstić information content (AvgIpc) is 3.02. The first kappa shape index (κ1) is 40.4. The summed E-state index contributed by atoms with van der Waals surface area (Å²) in [4.78, 5) is 69.3. The van der Waals surface area contributed by atoms with Crippen LogP contribution in [0.3, 0.4) is 0 Å². The molecule has 0 aliphatic rings. The fraction of sp³-hybridized carbons (Fsp3) is 0.697. The van der Waals surface area contributed by atoms with Gasteiger partial charge in [0, 0.05) is 50.8 Å². The number of methoxy groups -OCH3 is 1. The first-order valence-electron chi connectivity index (χ1n) is 16.4. The lowest BCUT2D eigenvalue weighted by Crippen LogP contribution is -2.58. The number of ether oxygens (including phenoxy) is 1. The molecule has 13 heteroatoms. The van der Waals surface area contributed by atoms with Gasteiger partial charge in [-0.3, -0.25) is 29.0 Å². The third kappa shape index (κ3) is 14.2. The molecule has 260 valence electrons. The summed E-state index contributed by atoms with van der Waals surface area (Å²) >= 11 is 0. The Balaban J connectivity index is 3.00.